The number of aromatic nitrogens is 6. The predicted molar refractivity (Wildman–Crippen MR) is 232 cm³/mol. The molecule has 11 aromatic rings. The number of rotatable bonds is 6. The van der Waals surface area contributed by atoms with Crippen molar-refractivity contribution in [1.82, 2.24) is 29.9 Å². The summed E-state index contributed by atoms with van der Waals surface area (Å²) in [5, 5.41) is 5.92. The lowest BCUT2D eigenvalue weighted by Crippen LogP contribution is -1.93. The summed E-state index contributed by atoms with van der Waals surface area (Å²) in [5.74, 6) is 0.238. The van der Waals surface area contributed by atoms with Gasteiger partial charge in [-0.15, -0.1) is 0 Å². The van der Waals surface area contributed by atoms with E-state index in [1.165, 1.54) is 0 Å². The molecule has 0 saturated heterocycles. The van der Waals surface area contributed by atoms with Crippen molar-refractivity contribution in [2.24, 2.45) is 0 Å². The van der Waals surface area contributed by atoms with E-state index in [0.29, 0.717) is 22.5 Å². The molecule has 0 bridgehead atoms. The van der Waals surface area contributed by atoms with Crippen molar-refractivity contribution < 1.29 is 14.0 Å². The Balaban J connectivity index is 1.01. The van der Waals surface area contributed by atoms with Crippen molar-refractivity contribution >= 4 is 73.7 Å². The van der Waals surface area contributed by atoms with Crippen molar-refractivity contribution in [3.63, 3.8) is 0 Å². The summed E-state index contributed by atoms with van der Waals surface area (Å²) in [5.41, 5.74) is 11.1. The fraction of sp³-hybridized carbons (Fsp3) is 0. The smallest absolute Gasteiger partial charge is 0.365 e. The molecule has 0 amide bonds. The third kappa shape index (κ3) is 5.97. The molecule has 0 aliphatic carbocycles. The van der Waals surface area contributed by atoms with Crippen LogP contribution in [-0.2, 0) is 4.57 Å². The Kier molecular flexibility index (Phi) is 7.96. The largest absolute Gasteiger partial charge is 0.426 e. The average molecular weight is 769 g/mol. The lowest BCUT2D eigenvalue weighted by atomic mass is 10.0. The lowest BCUT2D eigenvalue weighted by Gasteiger charge is -2.12. The zero-order chi connectivity index (χ0) is 38.7. The van der Waals surface area contributed by atoms with Gasteiger partial charge in [-0.2, -0.15) is 0 Å². The number of benzene rings is 5. The van der Waals surface area contributed by atoms with Crippen molar-refractivity contribution in [3.05, 3.63) is 164 Å². The van der Waals surface area contributed by atoms with Gasteiger partial charge in [0.25, 0.3) is 0 Å². The molecular formula is C48H29N6O3P. The number of hydrogen-bond donors (Lipinski definition) is 1. The monoisotopic (exact) mass is 768 g/mol. The highest BCUT2D eigenvalue weighted by molar-refractivity contribution is 7.32. The molecule has 0 aliphatic rings. The Morgan fingerprint density at radius 3 is 1.14 bits per heavy atom. The third-order valence-electron chi connectivity index (χ3n) is 10.5. The van der Waals surface area contributed by atoms with Crippen molar-refractivity contribution in [3.8, 4) is 50.8 Å². The Bertz CT molecular complexity index is 3500. The van der Waals surface area contributed by atoms with Gasteiger partial charge in [0.1, 0.15) is 5.75 Å². The fourth-order valence-electron chi connectivity index (χ4n) is 7.75. The van der Waals surface area contributed by atoms with Gasteiger partial charge in [0.2, 0.25) is 0 Å². The minimum atomic E-state index is -3.30. The standard InChI is InChI=1S/C48H29N6O3P/c55-58(56)57-38-26-36(41-20-16-31-11-9-29-7-3-23-50-44(29)46(31)53-41)25-37(27-38)42-21-17-33-13-12-32-15-19-40(52-47(32)48(33)54-42)35-5-1-4-34(24-35)39-18-14-30-10-8-28-6-2-22-49-43(28)45(30)51-39/h1-27,58H,(H,55,56). The molecule has 274 valence electrons. The first-order chi connectivity index (χ1) is 28.5. The van der Waals surface area contributed by atoms with Gasteiger partial charge in [0.15, 0.2) is 0 Å². The van der Waals surface area contributed by atoms with Crippen LogP contribution in [0.3, 0.4) is 0 Å². The highest BCUT2D eigenvalue weighted by Gasteiger charge is 2.15. The summed E-state index contributed by atoms with van der Waals surface area (Å²) in [6.07, 6.45) is 3.56. The van der Waals surface area contributed by atoms with Crippen LogP contribution in [0.1, 0.15) is 0 Å². The number of hydrogen-bond acceptors (Lipinski definition) is 8. The van der Waals surface area contributed by atoms with Gasteiger partial charge >= 0.3 is 8.25 Å². The van der Waals surface area contributed by atoms with Crippen molar-refractivity contribution in [2.75, 3.05) is 0 Å². The molecule has 0 radical (unpaired) electrons. The van der Waals surface area contributed by atoms with E-state index in [1.807, 2.05) is 84.9 Å². The van der Waals surface area contributed by atoms with Gasteiger partial charge in [0.05, 0.1) is 55.9 Å². The summed E-state index contributed by atoms with van der Waals surface area (Å²) in [7, 11) is -3.30. The summed E-state index contributed by atoms with van der Waals surface area (Å²) < 4.78 is 17.4. The molecule has 10 heteroatoms. The van der Waals surface area contributed by atoms with Crippen LogP contribution in [0, 0.1) is 0 Å². The summed E-state index contributed by atoms with van der Waals surface area (Å²) in [6.45, 7) is 0. The lowest BCUT2D eigenvalue weighted by molar-refractivity contribution is 0.410. The number of fused-ring (bicyclic) bond motifs is 9. The maximum absolute atomic E-state index is 12.0. The van der Waals surface area contributed by atoms with Gasteiger partial charge in [0, 0.05) is 67.0 Å². The normalized spacial score (nSPS) is 12.2. The van der Waals surface area contributed by atoms with Gasteiger partial charge < -0.3 is 9.42 Å². The summed E-state index contributed by atoms with van der Waals surface area (Å²) >= 11 is 0. The molecule has 9 nitrogen and oxygen atoms in total. The van der Waals surface area contributed by atoms with E-state index in [0.717, 1.165) is 87.9 Å². The van der Waals surface area contributed by atoms with Gasteiger partial charge in [-0.1, -0.05) is 91.0 Å². The first-order valence-corrected chi connectivity index (χ1v) is 19.9. The Hall–Kier alpha value is -7.45. The van der Waals surface area contributed by atoms with E-state index in [1.54, 1.807) is 24.5 Å². The van der Waals surface area contributed by atoms with E-state index in [-0.39, 0.29) is 5.75 Å². The first-order valence-electron chi connectivity index (χ1n) is 18.7. The number of pyridine rings is 6. The molecule has 1 N–H and O–H groups in total. The maximum Gasteiger partial charge on any atom is 0.365 e. The SMILES string of the molecule is O=[PH](O)Oc1cc(-c2ccc3ccc4cccnc4c3n2)cc(-c2ccc3ccc4ccc(-c5cccc(-c6ccc7ccc8cccnc8c7n6)c5)nc4c3n2)c1. The predicted octanol–water partition coefficient (Wildman–Crippen LogP) is 11.4. The maximum atomic E-state index is 12.0. The third-order valence-corrected chi connectivity index (χ3v) is 11.0. The minimum Gasteiger partial charge on any atom is -0.426 e. The second-order valence-corrected chi connectivity index (χ2v) is 14.9. The summed E-state index contributed by atoms with van der Waals surface area (Å²) in [6, 6.07) is 50.0. The molecule has 0 aliphatic heterocycles. The van der Waals surface area contributed by atoms with E-state index in [9.17, 15) is 9.46 Å². The van der Waals surface area contributed by atoms with E-state index >= 15 is 0 Å². The molecule has 58 heavy (non-hydrogen) atoms. The van der Waals surface area contributed by atoms with Crippen molar-refractivity contribution in [1.29, 1.82) is 0 Å². The van der Waals surface area contributed by atoms with Gasteiger partial charge in [-0.05, 0) is 60.7 Å². The molecule has 6 heterocycles. The molecule has 0 saturated carbocycles. The van der Waals surface area contributed by atoms with Crippen molar-refractivity contribution in [2.45, 2.75) is 0 Å². The molecule has 0 fully saturated rings. The highest BCUT2D eigenvalue weighted by Crippen LogP contribution is 2.37. The van der Waals surface area contributed by atoms with Crippen LogP contribution >= 0.6 is 8.25 Å². The quantitative estimate of drug-likeness (QED) is 0.130. The zero-order valence-electron chi connectivity index (χ0n) is 30.5. The molecule has 6 aromatic heterocycles. The zero-order valence-corrected chi connectivity index (χ0v) is 31.5. The van der Waals surface area contributed by atoms with Crippen LogP contribution in [-0.4, -0.2) is 34.8 Å². The summed E-state index contributed by atoms with van der Waals surface area (Å²) in [4.78, 5) is 39.5. The van der Waals surface area contributed by atoms with Crippen LogP contribution in [0.25, 0.3) is 110 Å². The fourth-order valence-corrected chi connectivity index (χ4v) is 8.07. The van der Waals surface area contributed by atoms with E-state index < -0.39 is 8.25 Å². The van der Waals surface area contributed by atoms with Gasteiger partial charge in [-0.3, -0.25) is 9.97 Å². The van der Waals surface area contributed by atoms with Crippen LogP contribution in [0.2, 0.25) is 0 Å². The Morgan fingerprint density at radius 1 is 0.379 bits per heavy atom. The van der Waals surface area contributed by atoms with Crippen LogP contribution in [0.15, 0.2) is 164 Å². The molecule has 1 unspecified atom stereocenters. The molecule has 5 aromatic carbocycles. The Morgan fingerprint density at radius 2 is 0.724 bits per heavy atom. The van der Waals surface area contributed by atoms with E-state index in [4.69, 9.17) is 24.5 Å². The molecule has 11 rings (SSSR count). The Labute approximate surface area is 331 Å². The first kappa shape index (κ1) is 33.9. The van der Waals surface area contributed by atoms with Gasteiger partial charge in [-0.25, -0.2) is 24.5 Å². The average Bonchev–Trinajstić information content (AvgIpc) is 3.28. The van der Waals surface area contributed by atoms with Crippen LogP contribution in [0.5, 0.6) is 5.75 Å². The second-order valence-electron chi connectivity index (χ2n) is 14.1. The highest BCUT2D eigenvalue weighted by atomic mass is 31.1. The minimum absolute atomic E-state index is 0.238. The second kappa shape index (κ2) is 13.6. The van der Waals surface area contributed by atoms with Crippen LogP contribution in [0.4, 0.5) is 0 Å². The molecule has 1 atom stereocenters. The molecule has 0 spiro atoms. The number of nitrogens with zero attached hydrogens (tertiary/aromatic N) is 6. The van der Waals surface area contributed by atoms with Crippen LogP contribution < -0.4 is 4.52 Å². The topological polar surface area (TPSA) is 124 Å². The molecular weight excluding hydrogens is 740 g/mol. The van der Waals surface area contributed by atoms with E-state index in [2.05, 4.69) is 64.6 Å².